The van der Waals surface area contributed by atoms with Crippen molar-refractivity contribution in [2.24, 2.45) is 0 Å². The van der Waals surface area contributed by atoms with Crippen LogP contribution in [0.5, 0.6) is 5.75 Å². The van der Waals surface area contributed by atoms with Crippen LogP contribution in [0.15, 0.2) is 18.2 Å². The predicted octanol–water partition coefficient (Wildman–Crippen LogP) is 3.31. The molecule has 20 heavy (non-hydrogen) atoms. The summed E-state index contributed by atoms with van der Waals surface area (Å²) in [6, 6.07) is 5.25. The van der Waals surface area contributed by atoms with E-state index >= 15 is 0 Å². The molecule has 1 aliphatic heterocycles. The van der Waals surface area contributed by atoms with E-state index in [0.717, 1.165) is 31.8 Å². The molecular weight excluding hydrogens is 301 g/mol. The summed E-state index contributed by atoms with van der Waals surface area (Å²) < 4.78 is 5.87. The molecule has 0 saturated carbocycles. The summed E-state index contributed by atoms with van der Waals surface area (Å²) in [6.45, 7) is 2.55. The van der Waals surface area contributed by atoms with Gasteiger partial charge >= 0.3 is 5.97 Å². The molecule has 2 rings (SSSR count). The first-order valence-corrected chi connectivity index (χ1v) is 7.36. The number of likely N-dealkylation sites (tertiary alicyclic amines) is 1. The highest BCUT2D eigenvalue weighted by atomic mass is 35.5. The maximum absolute atomic E-state index is 10.5. The summed E-state index contributed by atoms with van der Waals surface area (Å²) in [5.74, 6) is -0.0235. The fourth-order valence-corrected chi connectivity index (χ4v) is 2.58. The van der Waals surface area contributed by atoms with E-state index in [1.165, 1.54) is 0 Å². The first kappa shape index (κ1) is 15.4. The molecule has 1 unspecified atom stereocenters. The zero-order valence-electron chi connectivity index (χ0n) is 11.0. The Kier molecular flexibility index (Phi) is 5.52. The van der Waals surface area contributed by atoms with Crippen LogP contribution in [0.3, 0.4) is 0 Å². The number of benzene rings is 1. The summed E-state index contributed by atoms with van der Waals surface area (Å²) in [5.41, 5.74) is 0. The minimum Gasteiger partial charge on any atom is -0.489 e. The summed E-state index contributed by atoms with van der Waals surface area (Å²) in [4.78, 5) is 12.7. The van der Waals surface area contributed by atoms with Crippen molar-refractivity contribution in [3.05, 3.63) is 28.2 Å². The molecule has 6 heteroatoms. The van der Waals surface area contributed by atoms with Crippen LogP contribution in [0.25, 0.3) is 0 Å². The van der Waals surface area contributed by atoms with Crippen LogP contribution in [0.4, 0.5) is 0 Å². The van der Waals surface area contributed by atoms with Crippen LogP contribution in [0, 0.1) is 0 Å². The standard InChI is InChI=1S/C14H17Cl2NO3/c15-12-4-3-10(8-13(12)16)20-11-5-7-17(9-11)6-1-2-14(18)19/h3-4,8,11H,1-2,5-7,9H2,(H,18,19). The molecular formula is C14H17Cl2NO3. The van der Waals surface area contributed by atoms with Crippen molar-refractivity contribution in [1.82, 2.24) is 4.90 Å². The zero-order chi connectivity index (χ0) is 14.5. The van der Waals surface area contributed by atoms with E-state index in [9.17, 15) is 4.79 Å². The van der Waals surface area contributed by atoms with Gasteiger partial charge in [-0.3, -0.25) is 9.69 Å². The van der Waals surface area contributed by atoms with Gasteiger partial charge in [0.15, 0.2) is 0 Å². The quantitative estimate of drug-likeness (QED) is 0.874. The SMILES string of the molecule is O=C(O)CCCN1CCC(Oc2ccc(Cl)c(Cl)c2)C1. The van der Waals surface area contributed by atoms with E-state index in [1.807, 2.05) is 0 Å². The summed E-state index contributed by atoms with van der Waals surface area (Å²) in [6.07, 6.45) is 1.95. The molecule has 1 aromatic carbocycles. The fourth-order valence-electron chi connectivity index (χ4n) is 2.29. The third-order valence-corrected chi connectivity index (χ3v) is 4.03. The van der Waals surface area contributed by atoms with Crippen molar-refractivity contribution in [3.8, 4) is 5.75 Å². The Bertz CT molecular complexity index is 481. The maximum Gasteiger partial charge on any atom is 0.303 e. The second kappa shape index (κ2) is 7.16. The van der Waals surface area contributed by atoms with Crippen molar-refractivity contribution < 1.29 is 14.6 Å². The molecule has 0 spiro atoms. The van der Waals surface area contributed by atoms with E-state index in [-0.39, 0.29) is 12.5 Å². The number of hydrogen-bond donors (Lipinski definition) is 1. The molecule has 1 atom stereocenters. The average molecular weight is 318 g/mol. The molecule has 1 N–H and O–H groups in total. The number of aliphatic carboxylic acids is 1. The topological polar surface area (TPSA) is 49.8 Å². The van der Waals surface area contributed by atoms with Gasteiger partial charge in [0.1, 0.15) is 11.9 Å². The van der Waals surface area contributed by atoms with Gasteiger partial charge < -0.3 is 9.84 Å². The largest absolute Gasteiger partial charge is 0.489 e. The summed E-state index contributed by atoms with van der Waals surface area (Å²) >= 11 is 11.8. The number of nitrogens with zero attached hydrogens (tertiary/aromatic N) is 1. The predicted molar refractivity (Wildman–Crippen MR) is 78.8 cm³/mol. The second-order valence-corrected chi connectivity index (χ2v) is 5.72. The second-order valence-electron chi connectivity index (χ2n) is 4.90. The van der Waals surface area contributed by atoms with Gasteiger partial charge in [-0.2, -0.15) is 0 Å². The van der Waals surface area contributed by atoms with Crippen molar-refractivity contribution in [2.45, 2.75) is 25.4 Å². The van der Waals surface area contributed by atoms with E-state index in [0.29, 0.717) is 16.5 Å². The molecule has 1 fully saturated rings. The van der Waals surface area contributed by atoms with Crippen LogP contribution in [-0.4, -0.2) is 41.7 Å². The summed E-state index contributed by atoms with van der Waals surface area (Å²) in [5, 5.41) is 9.62. The molecule has 0 bridgehead atoms. The van der Waals surface area contributed by atoms with Crippen molar-refractivity contribution in [1.29, 1.82) is 0 Å². The Hall–Kier alpha value is -0.970. The highest BCUT2D eigenvalue weighted by Gasteiger charge is 2.23. The van der Waals surface area contributed by atoms with E-state index in [1.54, 1.807) is 18.2 Å². The van der Waals surface area contributed by atoms with E-state index in [2.05, 4.69) is 4.90 Å². The number of rotatable bonds is 6. The minimum atomic E-state index is -0.743. The monoisotopic (exact) mass is 317 g/mol. The smallest absolute Gasteiger partial charge is 0.303 e. The van der Waals surface area contributed by atoms with Gasteiger partial charge in [0.2, 0.25) is 0 Å². The Balaban J connectivity index is 1.78. The molecule has 0 amide bonds. The molecule has 1 saturated heterocycles. The number of hydrogen-bond acceptors (Lipinski definition) is 3. The van der Waals surface area contributed by atoms with Gasteiger partial charge in [0.25, 0.3) is 0 Å². The average Bonchev–Trinajstić information content (AvgIpc) is 2.81. The Morgan fingerprint density at radius 3 is 2.90 bits per heavy atom. The molecule has 1 aromatic rings. The lowest BCUT2D eigenvalue weighted by Crippen LogP contribution is -2.26. The van der Waals surface area contributed by atoms with Crippen LogP contribution in [0.1, 0.15) is 19.3 Å². The highest BCUT2D eigenvalue weighted by Crippen LogP contribution is 2.28. The lowest BCUT2D eigenvalue weighted by molar-refractivity contribution is -0.137. The third-order valence-electron chi connectivity index (χ3n) is 3.29. The fraction of sp³-hybridized carbons (Fsp3) is 0.500. The number of ether oxygens (including phenoxy) is 1. The van der Waals surface area contributed by atoms with Gasteiger partial charge in [-0.05, 0) is 31.5 Å². The van der Waals surface area contributed by atoms with Gasteiger partial charge in [0, 0.05) is 25.6 Å². The van der Waals surface area contributed by atoms with Crippen molar-refractivity contribution >= 4 is 29.2 Å². The maximum atomic E-state index is 10.5. The van der Waals surface area contributed by atoms with Gasteiger partial charge in [-0.15, -0.1) is 0 Å². The van der Waals surface area contributed by atoms with Gasteiger partial charge in [-0.25, -0.2) is 0 Å². The van der Waals surface area contributed by atoms with Crippen LogP contribution in [0.2, 0.25) is 10.0 Å². The van der Waals surface area contributed by atoms with Crippen molar-refractivity contribution in [2.75, 3.05) is 19.6 Å². The highest BCUT2D eigenvalue weighted by molar-refractivity contribution is 6.42. The normalized spacial score (nSPS) is 19.2. The number of halogens is 2. The third kappa shape index (κ3) is 4.54. The molecule has 110 valence electrons. The minimum absolute atomic E-state index is 0.122. The van der Waals surface area contributed by atoms with Gasteiger partial charge in [0.05, 0.1) is 10.0 Å². The Morgan fingerprint density at radius 2 is 2.20 bits per heavy atom. The molecule has 4 nitrogen and oxygen atoms in total. The summed E-state index contributed by atoms with van der Waals surface area (Å²) in [7, 11) is 0. The first-order chi connectivity index (χ1) is 9.54. The Labute approximate surface area is 128 Å². The lowest BCUT2D eigenvalue weighted by Gasteiger charge is -2.16. The van der Waals surface area contributed by atoms with Crippen LogP contribution >= 0.6 is 23.2 Å². The number of carboxylic acids is 1. The number of carbonyl (C=O) groups is 1. The Morgan fingerprint density at radius 1 is 1.40 bits per heavy atom. The van der Waals surface area contributed by atoms with Crippen LogP contribution < -0.4 is 4.74 Å². The lowest BCUT2D eigenvalue weighted by atomic mass is 10.3. The van der Waals surface area contributed by atoms with E-state index < -0.39 is 5.97 Å². The molecule has 0 aromatic heterocycles. The molecule has 1 heterocycles. The molecule has 0 radical (unpaired) electrons. The molecule has 0 aliphatic carbocycles. The number of carboxylic acid groups (broad SMARTS) is 1. The van der Waals surface area contributed by atoms with E-state index in [4.69, 9.17) is 33.0 Å². The van der Waals surface area contributed by atoms with Crippen LogP contribution in [-0.2, 0) is 4.79 Å². The molecule has 1 aliphatic rings. The van der Waals surface area contributed by atoms with Crippen molar-refractivity contribution in [3.63, 3.8) is 0 Å². The van der Waals surface area contributed by atoms with Gasteiger partial charge in [-0.1, -0.05) is 23.2 Å². The first-order valence-electron chi connectivity index (χ1n) is 6.60. The zero-order valence-corrected chi connectivity index (χ0v) is 12.5.